The van der Waals surface area contributed by atoms with E-state index in [0.29, 0.717) is 41.8 Å². The fraction of sp³-hybridized carbons (Fsp3) is 0.808. The molecule has 164 valence electrons. The molecule has 0 bridgehead atoms. The van der Waals surface area contributed by atoms with Crippen LogP contribution in [0.2, 0.25) is 0 Å². The summed E-state index contributed by atoms with van der Waals surface area (Å²) in [6.07, 6.45) is 9.76. The van der Waals surface area contributed by atoms with E-state index in [1.54, 1.807) is 0 Å². The summed E-state index contributed by atoms with van der Waals surface area (Å²) in [6.45, 7) is 8.12. The van der Waals surface area contributed by atoms with Crippen LogP contribution in [0.5, 0.6) is 0 Å². The summed E-state index contributed by atoms with van der Waals surface area (Å²) in [5, 5.41) is 0. The lowest BCUT2D eigenvalue weighted by Gasteiger charge is -2.60. The van der Waals surface area contributed by atoms with Crippen LogP contribution in [0.15, 0.2) is 11.6 Å². The molecule has 7 unspecified atom stereocenters. The molecule has 0 aromatic heterocycles. The third-order valence-electron chi connectivity index (χ3n) is 10.3. The van der Waals surface area contributed by atoms with Crippen LogP contribution in [0.25, 0.3) is 0 Å². The molecule has 0 amide bonds. The Labute approximate surface area is 180 Å². The third-order valence-corrected chi connectivity index (χ3v) is 10.3. The summed E-state index contributed by atoms with van der Waals surface area (Å²) in [4.78, 5) is 38.2. The fourth-order valence-electron chi connectivity index (χ4n) is 8.99. The van der Waals surface area contributed by atoms with E-state index >= 15 is 0 Å². The van der Waals surface area contributed by atoms with Crippen LogP contribution in [0.1, 0.15) is 79.1 Å². The smallest absolute Gasteiger partial charge is 0.302 e. The van der Waals surface area contributed by atoms with Crippen molar-refractivity contribution < 1.29 is 19.1 Å². The minimum atomic E-state index is -0.460. The van der Waals surface area contributed by atoms with Gasteiger partial charge < -0.3 is 4.74 Å². The van der Waals surface area contributed by atoms with Crippen molar-refractivity contribution >= 4 is 17.5 Å². The molecular weight excluding hydrogens is 376 g/mol. The van der Waals surface area contributed by atoms with Crippen LogP contribution >= 0.6 is 0 Å². The van der Waals surface area contributed by atoms with Gasteiger partial charge >= 0.3 is 5.97 Å². The number of fused-ring (bicyclic) bond motifs is 7. The maximum atomic E-state index is 13.7. The normalized spacial score (nSPS) is 50.0. The zero-order valence-electron chi connectivity index (χ0n) is 18.9. The first-order valence-corrected chi connectivity index (χ1v) is 12.1. The number of hydrogen-bond donors (Lipinski definition) is 0. The van der Waals surface area contributed by atoms with Gasteiger partial charge in [0.25, 0.3) is 0 Å². The van der Waals surface area contributed by atoms with Gasteiger partial charge in [-0.05, 0) is 93.0 Å². The topological polar surface area (TPSA) is 60.4 Å². The fourth-order valence-corrected chi connectivity index (χ4v) is 8.99. The van der Waals surface area contributed by atoms with Crippen LogP contribution in [0.3, 0.4) is 0 Å². The lowest BCUT2D eigenvalue weighted by molar-refractivity contribution is -0.167. The van der Waals surface area contributed by atoms with Gasteiger partial charge in [0.2, 0.25) is 0 Å². The quantitative estimate of drug-likeness (QED) is 0.575. The van der Waals surface area contributed by atoms with E-state index < -0.39 is 5.41 Å². The molecule has 4 saturated carbocycles. The van der Waals surface area contributed by atoms with E-state index in [2.05, 4.69) is 20.8 Å². The standard InChI is InChI=1S/C26H36O4/c1-14-9-16-11-21-19-6-5-17-12-18(30-15(2)27)7-8-25(17,3)20(19)13-23(29)26(21,4)24(16)22(28)10-14/h10,16-21,24H,5-9,11-13H2,1-4H3/t16?,17?,18?,19?,20?,21?,24?,25-,26+/m0/s1. The van der Waals surface area contributed by atoms with Crippen molar-refractivity contribution in [1.29, 1.82) is 0 Å². The summed E-state index contributed by atoms with van der Waals surface area (Å²) in [7, 11) is 0. The largest absolute Gasteiger partial charge is 0.463 e. The SMILES string of the molecule is CC(=O)OC1CC[C@@]2(C)C(CCC3C2CC(=O)[C@@]2(C)C3CC3CC(C)=CC(=O)C32)C1. The van der Waals surface area contributed by atoms with Gasteiger partial charge in [0.15, 0.2) is 5.78 Å². The molecule has 0 spiro atoms. The Balaban J connectivity index is 1.43. The molecule has 30 heavy (non-hydrogen) atoms. The third kappa shape index (κ3) is 2.74. The Morgan fingerprint density at radius 2 is 1.83 bits per heavy atom. The molecule has 9 atom stereocenters. The Bertz CT molecular complexity index is 827. The van der Waals surface area contributed by atoms with E-state index in [-0.39, 0.29) is 29.2 Å². The second kappa shape index (κ2) is 6.77. The molecule has 0 radical (unpaired) electrons. The molecule has 5 aliphatic rings. The lowest BCUT2D eigenvalue weighted by atomic mass is 9.44. The van der Waals surface area contributed by atoms with Crippen molar-refractivity contribution in [3.05, 3.63) is 11.6 Å². The highest BCUT2D eigenvalue weighted by Gasteiger charge is 2.67. The lowest BCUT2D eigenvalue weighted by Crippen LogP contribution is -2.57. The maximum Gasteiger partial charge on any atom is 0.302 e. The molecule has 0 aromatic carbocycles. The van der Waals surface area contributed by atoms with Gasteiger partial charge in [0.05, 0.1) is 0 Å². The van der Waals surface area contributed by atoms with E-state index in [4.69, 9.17) is 4.74 Å². The molecule has 5 rings (SSSR count). The number of ether oxygens (including phenoxy) is 1. The van der Waals surface area contributed by atoms with Gasteiger partial charge in [-0.1, -0.05) is 19.4 Å². The number of hydrogen-bond acceptors (Lipinski definition) is 4. The van der Waals surface area contributed by atoms with Crippen LogP contribution < -0.4 is 0 Å². The number of allylic oxidation sites excluding steroid dienone is 2. The molecule has 0 heterocycles. The highest BCUT2D eigenvalue weighted by Crippen LogP contribution is 2.68. The van der Waals surface area contributed by atoms with Crippen LogP contribution in [-0.4, -0.2) is 23.6 Å². The molecule has 4 heteroatoms. The van der Waals surface area contributed by atoms with Gasteiger partial charge in [-0.25, -0.2) is 0 Å². The number of carbonyl (C=O) groups excluding carboxylic acids is 3. The van der Waals surface area contributed by atoms with Gasteiger partial charge in [0, 0.05) is 24.7 Å². The first kappa shape index (κ1) is 20.5. The number of Topliss-reactive ketones (excluding diaryl/α,β-unsaturated/α-hetero) is 1. The Hall–Kier alpha value is -1.45. The first-order chi connectivity index (χ1) is 14.1. The van der Waals surface area contributed by atoms with Crippen molar-refractivity contribution in [2.75, 3.05) is 0 Å². The first-order valence-electron chi connectivity index (χ1n) is 12.1. The van der Waals surface area contributed by atoms with E-state index in [1.807, 2.05) is 6.08 Å². The highest BCUT2D eigenvalue weighted by atomic mass is 16.5. The van der Waals surface area contributed by atoms with Gasteiger partial charge in [-0.3, -0.25) is 14.4 Å². The summed E-state index contributed by atoms with van der Waals surface area (Å²) < 4.78 is 5.56. The zero-order valence-corrected chi connectivity index (χ0v) is 18.9. The summed E-state index contributed by atoms with van der Waals surface area (Å²) >= 11 is 0. The Morgan fingerprint density at radius 3 is 2.57 bits per heavy atom. The van der Waals surface area contributed by atoms with Crippen molar-refractivity contribution in [3.63, 3.8) is 0 Å². The molecule has 0 aromatic rings. The minimum Gasteiger partial charge on any atom is -0.463 e. The summed E-state index contributed by atoms with van der Waals surface area (Å²) in [5.41, 5.74) is 0.882. The predicted octanol–water partition coefficient (Wildman–Crippen LogP) is 4.90. The summed E-state index contributed by atoms with van der Waals surface area (Å²) in [6, 6.07) is 0. The molecule has 0 aliphatic heterocycles. The van der Waals surface area contributed by atoms with Gasteiger partial charge in [-0.15, -0.1) is 0 Å². The van der Waals surface area contributed by atoms with Crippen LogP contribution in [-0.2, 0) is 19.1 Å². The van der Waals surface area contributed by atoms with E-state index in [9.17, 15) is 14.4 Å². The molecule has 0 N–H and O–H groups in total. The van der Waals surface area contributed by atoms with Crippen LogP contribution in [0, 0.1) is 46.3 Å². The number of esters is 1. The number of ketones is 2. The van der Waals surface area contributed by atoms with Gasteiger partial charge in [0.1, 0.15) is 11.9 Å². The molecule has 5 aliphatic carbocycles. The Morgan fingerprint density at radius 1 is 1.07 bits per heavy atom. The maximum absolute atomic E-state index is 13.7. The molecule has 0 saturated heterocycles. The second-order valence-corrected chi connectivity index (χ2v) is 11.6. The monoisotopic (exact) mass is 412 g/mol. The van der Waals surface area contributed by atoms with Crippen LogP contribution in [0.4, 0.5) is 0 Å². The average molecular weight is 413 g/mol. The predicted molar refractivity (Wildman–Crippen MR) is 113 cm³/mol. The average Bonchev–Trinajstić information content (AvgIpc) is 2.96. The highest BCUT2D eigenvalue weighted by molar-refractivity contribution is 6.00. The van der Waals surface area contributed by atoms with E-state index in [1.165, 1.54) is 12.5 Å². The summed E-state index contributed by atoms with van der Waals surface area (Å²) in [5.74, 6) is 2.50. The Kier molecular flexibility index (Phi) is 4.62. The van der Waals surface area contributed by atoms with Crippen molar-refractivity contribution in [2.24, 2.45) is 46.3 Å². The molecule has 4 fully saturated rings. The molecular formula is C26H36O4. The van der Waals surface area contributed by atoms with Gasteiger partial charge in [-0.2, -0.15) is 0 Å². The van der Waals surface area contributed by atoms with E-state index in [0.717, 1.165) is 44.9 Å². The van der Waals surface area contributed by atoms with Crippen molar-refractivity contribution in [1.82, 2.24) is 0 Å². The second-order valence-electron chi connectivity index (χ2n) is 11.6. The number of carbonyl (C=O) groups is 3. The van der Waals surface area contributed by atoms with Crippen molar-refractivity contribution in [2.45, 2.75) is 85.2 Å². The zero-order chi connectivity index (χ0) is 21.4. The molecule has 4 nitrogen and oxygen atoms in total. The van der Waals surface area contributed by atoms with Crippen molar-refractivity contribution in [3.8, 4) is 0 Å². The minimum absolute atomic E-state index is 0.0442. The number of rotatable bonds is 1.